The number of aromatic nitrogens is 5. The summed E-state index contributed by atoms with van der Waals surface area (Å²) in [5, 5.41) is 8.06. The molecule has 0 aliphatic carbocycles. The van der Waals surface area contributed by atoms with E-state index in [1.54, 1.807) is 0 Å². The number of nitrogens with one attached hydrogen (secondary N) is 1. The molecule has 0 radical (unpaired) electrons. The van der Waals surface area contributed by atoms with Crippen LogP contribution >= 0.6 is 0 Å². The van der Waals surface area contributed by atoms with Crippen molar-refractivity contribution < 1.29 is 0 Å². The van der Waals surface area contributed by atoms with E-state index in [2.05, 4.69) is 45.9 Å². The van der Waals surface area contributed by atoms with Gasteiger partial charge in [0, 0.05) is 36.1 Å². The van der Waals surface area contributed by atoms with Crippen molar-refractivity contribution in [1.82, 2.24) is 24.1 Å². The summed E-state index contributed by atoms with van der Waals surface area (Å²) in [4.78, 5) is 9.23. The SMILES string of the molecule is Cc1cc2nc(-c3ccccc3)cc(NCc3nccn3C(C)C)n2n1. The lowest BCUT2D eigenvalue weighted by atomic mass is 10.1. The highest BCUT2D eigenvalue weighted by molar-refractivity contribution is 5.66. The van der Waals surface area contributed by atoms with Crippen molar-refractivity contribution in [2.45, 2.75) is 33.4 Å². The van der Waals surface area contributed by atoms with E-state index in [1.807, 2.05) is 54.2 Å². The van der Waals surface area contributed by atoms with Crippen LogP contribution in [0.1, 0.15) is 31.4 Å². The Hall–Kier alpha value is -3.15. The molecule has 0 saturated carbocycles. The Labute approximate surface area is 152 Å². The van der Waals surface area contributed by atoms with Crippen LogP contribution in [0.4, 0.5) is 5.82 Å². The van der Waals surface area contributed by atoms with E-state index in [0.29, 0.717) is 12.6 Å². The van der Waals surface area contributed by atoms with Gasteiger partial charge in [0.1, 0.15) is 11.6 Å². The van der Waals surface area contributed by atoms with Crippen molar-refractivity contribution in [1.29, 1.82) is 0 Å². The summed E-state index contributed by atoms with van der Waals surface area (Å²) >= 11 is 0. The molecule has 0 aliphatic heterocycles. The van der Waals surface area contributed by atoms with Gasteiger partial charge in [0.2, 0.25) is 0 Å². The Morgan fingerprint density at radius 3 is 2.69 bits per heavy atom. The molecule has 6 nitrogen and oxygen atoms in total. The van der Waals surface area contributed by atoms with E-state index >= 15 is 0 Å². The third kappa shape index (κ3) is 3.06. The summed E-state index contributed by atoms with van der Waals surface area (Å²) in [5.41, 5.74) is 3.78. The van der Waals surface area contributed by atoms with Crippen LogP contribution in [-0.2, 0) is 6.54 Å². The molecular formula is C20H22N6. The van der Waals surface area contributed by atoms with Crippen molar-refractivity contribution in [2.75, 3.05) is 5.32 Å². The number of hydrogen-bond acceptors (Lipinski definition) is 4. The topological polar surface area (TPSA) is 60.0 Å². The number of rotatable bonds is 5. The minimum Gasteiger partial charge on any atom is -0.363 e. The molecule has 4 rings (SSSR count). The first-order chi connectivity index (χ1) is 12.6. The number of hydrogen-bond donors (Lipinski definition) is 1. The van der Waals surface area contributed by atoms with E-state index in [-0.39, 0.29) is 0 Å². The Morgan fingerprint density at radius 2 is 1.92 bits per heavy atom. The van der Waals surface area contributed by atoms with Crippen LogP contribution in [0, 0.1) is 6.92 Å². The molecule has 0 saturated heterocycles. The van der Waals surface area contributed by atoms with Gasteiger partial charge in [-0.25, -0.2) is 9.97 Å². The molecule has 4 aromatic rings. The lowest BCUT2D eigenvalue weighted by Crippen LogP contribution is -2.12. The summed E-state index contributed by atoms with van der Waals surface area (Å²) in [6.07, 6.45) is 3.85. The fourth-order valence-electron chi connectivity index (χ4n) is 3.09. The molecule has 0 atom stereocenters. The lowest BCUT2D eigenvalue weighted by molar-refractivity contribution is 0.572. The molecule has 0 bridgehead atoms. The van der Waals surface area contributed by atoms with Crippen molar-refractivity contribution in [3.8, 4) is 11.3 Å². The highest BCUT2D eigenvalue weighted by Gasteiger charge is 2.11. The maximum absolute atomic E-state index is 4.76. The highest BCUT2D eigenvalue weighted by Crippen LogP contribution is 2.23. The molecule has 132 valence electrons. The average molecular weight is 346 g/mol. The monoisotopic (exact) mass is 346 g/mol. The van der Waals surface area contributed by atoms with Crippen LogP contribution in [-0.4, -0.2) is 24.1 Å². The van der Waals surface area contributed by atoms with Gasteiger partial charge in [-0.2, -0.15) is 9.61 Å². The maximum Gasteiger partial charge on any atom is 0.158 e. The second-order valence-corrected chi connectivity index (χ2v) is 6.65. The first-order valence-electron chi connectivity index (χ1n) is 8.80. The van der Waals surface area contributed by atoms with Gasteiger partial charge < -0.3 is 9.88 Å². The van der Waals surface area contributed by atoms with Gasteiger partial charge in [-0.05, 0) is 20.8 Å². The zero-order chi connectivity index (χ0) is 18.1. The van der Waals surface area contributed by atoms with Gasteiger partial charge in [-0.1, -0.05) is 30.3 Å². The Balaban J connectivity index is 1.72. The summed E-state index contributed by atoms with van der Waals surface area (Å²) < 4.78 is 4.02. The molecule has 3 aromatic heterocycles. The van der Waals surface area contributed by atoms with Crippen molar-refractivity contribution in [3.63, 3.8) is 0 Å². The first-order valence-corrected chi connectivity index (χ1v) is 8.80. The van der Waals surface area contributed by atoms with Crippen molar-refractivity contribution >= 4 is 11.5 Å². The molecule has 0 spiro atoms. The number of nitrogens with zero attached hydrogens (tertiary/aromatic N) is 5. The molecule has 1 aromatic carbocycles. The highest BCUT2D eigenvalue weighted by atomic mass is 15.3. The summed E-state index contributed by atoms with van der Waals surface area (Å²) in [6, 6.07) is 14.6. The molecule has 0 fully saturated rings. The van der Waals surface area contributed by atoms with Gasteiger partial charge in [-0.3, -0.25) is 0 Å². The van der Waals surface area contributed by atoms with Crippen molar-refractivity contribution in [3.05, 3.63) is 66.4 Å². The number of imidazole rings is 1. The number of benzene rings is 1. The molecule has 0 unspecified atom stereocenters. The summed E-state index contributed by atoms with van der Waals surface area (Å²) in [7, 11) is 0. The second kappa shape index (κ2) is 6.63. The smallest absolute Gasteiger partial charge is 0.158 e. The van der Waals surface area contributed by atoms with Crippen LogP contribution < -0.4 is 5.32 Å². The molecule has 1 N–H and O–H groups in total. The van der Waals surface area contributed by atoms with Crippen LogP contribution in [0.2, 0.25) is 0 Å². The van der Waals surface area contributed by atoms with E-state index in [9.17, 15) is 0 Å². The number of aryl methyl sites for hydroxylation is 1. The van der Waals surface area contributed by atoms with Crippen LogP contribution in [0.25, 0.3) is 16.9 Å². The Bertz CT molecular complexity index is 1030. The average Bonchev–Trinajstić information content (AvgIpc) is 3.25. The van der Waals surface area contributed by atoms with E-state index in [4.69, 9.17) is 4.98 Å². The standard InChI is InChI=1S/C20H22N6/c1-14(2)25-10-9-21-20(25)13-22-18-12-17(16-7-5-4-6-8-16)23-19-11-15(3)24-26(18)19/h4-12,14,22H,13H2,1-3H3. The van der Waals surface area contributed by atoms with Crippen LogP contribution in [0.15, 0.2) is 54.9 Å². The molecule has 0 aliphatic rings. The van der Waals surface area contributed by atoms with Crippen molar-refractivity contribution in [2.24, 2.45) is 0 Å². The third-order valence-electron chi connectivity index (χ3n) is 4.35. The maximum atomic E-state index is 4.76. The molecule has 6 heteroatoms. The zero-order valence-corrected chi connectivity index (χ0v) is 15.2. The fraction of sp³-hybridized carbons (Fsp3) is 0.250. The van der Waals surface area contributed by atoms with Gasteiger partial charge >= 0.3 is 0 Å². The van der Waals surface area contributed by atoms with Gasteiger partial charge in [0.05, 0.1) is 17.9 Å². The molecule has 26 heavy (non-hydrogen) atoms. The Morgan fingerprint density at radius 1 is 1.12 bits per heavy atom. The predicted molar refractivity (Wildman–Crippen MR) is 103 cm³/mol. The largest absolute Gasteiger partial charge is 0.363 e. The van der Waals surface area contributed by atoms with Gasteiger partial charge in [0.25, 0.3) is 0 Å². The quantitative estimate of drug-likeness (QED) is 0.591. The molecular weight excluding hydrogens is 324 g/mol. The third-order valence-corrected chi connectivity index (χ3v) is 4.35. The first kappa shape index (κ1) is 16.3. The van der Waals surface area contributed by atoms with E-state index in [0.717, 1.165) is 34.2 Å². The number of fused-ring (bicyclic) bond motifs is 1. The lowest BCUT2D eigenvalue weighted by Gasteiger charge is -2.14. The normalized spacial score (nSPS) is 11.4. The second-order valence-electron chi connectivity index (χ2n) is 6.65. The minimum atomic E-state index is 0.374. The van der Waals surface area contributed by atoms with Crippen LogP contribution in [0.5, 0.6) is 0 Å². The summed E-state index contributed by atoms with van der Waals surface area (Å²) in [6.45, 7) is 6.91. The van der Waals surface area contributed by atoms with Gasteiger partial charge in [0.15, 0.2) is 5.65 Å². The van der Waals surface area contributed by atoms with Gasteiger partial charge in [-0.15, -0.1) is 0 Å². The minimum absolute atomic E-state index is 0.374. The number of anilines is 1. The molecule has 0 amide bonds. The zero-order valence-electron chi connectivity index (χ0n) is 15.2. The van der Waals surface area contributed by atoms with Crippen LogP contribution in [0.3, 0.4) is 0 Å². The predicted octanol–water partition coefficient (Wildman–Crippen LogP) is 4.09. The fourth-order valence-corrected chi connectivity index (χ4v) is 3.09. The van der Waals surface area contributed by atoms with E-state index < -0.39 is 0 Å². The molecule has 3 heterocycles. The Kier molecular flexibility index (Phi) is 4.16. The van der Waals surface area contributed by atoms with E-state index in [1.165, 1.54) is 0 Å². The summed E-state index contributed by atoms with van der Waals surface area (Å²) in [5.74, 6) is 1.90.